The normalized spacial score (nSPS) is 11.9. The summed E-state index contributed by atoms with van der Waals surface area (Å²) in [6.45, 7) is 2.15. The van der Waals surface area contributed by atoms with Gasteiger partial charge in [0.05, 0.1) is 11.0 Å². The summed E-state index contributed by atoms with van der Waals surface area (Å²) in [4.78, 5) is 0. The molecule has 1 nitrogen and oxygen atoms in total. The van der Waals surface area contributed by atoms with E-state index in [0.717, 1.165) is 5.69 Å². The first-order valence-corrected chi connectivity index (χ1v) is 18.1. The second kappa shape index (κ2) is 11.2. The van der Waals surface area contributed by atoms with Gasteiger partial charge in [-0.25, -0.2) is 0 Å². The SMILES string of the molecule is Cc1ccc(-c2ccc3ccc4c(-c5ccc(-n6c7ccccc7c7cc(-c8cccc9ccccc89)ccc76)cc5)ccc5ccc2c3c54)cc1. The zero-order valence-corrected chi connectivity index (χ0v) is 28.8. The fourth-order valence-electron chi connectivity index (χ4n) is 8.72. The molecule has 0 bridgehead atoms. The number of hydrogen-bond donors (Lipinski definition) is 0. The maximum Gasteiger partial charge on any atom is 0.0541 e. The highest BCUT2D eigenvalue weighted by molar-refractivity contribution is 6.27. The summed E-state index contributed by atoms with van der Waals surface area (Å²) >= 11 is 0. The van der Waals surface area contributed by atoms with Gasteiger partial charge in [-0.1, -0.05) is 157 Å². The van der Waals surface area contributed by atoms with Gasteiger partial charge in [-0.2, -0.15) is 0 Å². The van der Waals surface area contributed by atoms with Gasteiger partial charge in [0, 0.05) is 16.5 Å². The zero-order chi connectivity index (χ0) is 34.3. The Morgan fingerprint density at radius 2 is 0.865 bits per heavy atom. The third kappa shape index (κ3) is 4.30. The molecule has 11 aromatic rings. The Morgan fingerprint density at radius 1 is 0.327 bits per heavy atom. The minimum Gasteiger partial charge on any atom is -0.309 e. The third-order valence-corrected chi connectivity index (χ3v) is 11.2. The Balaban J connectivity index is 1.05. The largest absolute Gasteiger partial charge is 0.309 e. The molecular formula is C51H33N. The predicted octanol–water partition coefficient (Wildman–Crippen LogP) is 14.1. The van der Waals surface area contributed by atoms with Gasteiger partial charge in [0.15, 0.2) is 0 Å². The van der Waals surface area contributed by atoms with E-state index in [4.69, 9.17) is 0 Å². The second-order valence-electron chi connectivity index (χ2n) is 14.2. The minimum atomic E-state index is 1.16. The van der Waals surface area contributed by atoms with Gasteiger partial charge in [0.1, 0.15) is 0 Å². The van der Waals surface area contributed by atoms with Crippen LogP contribution >= 0.6 is 0 Å². The number of aromatic nitrogens is 1. The van der Waals surface area contributed by atoms with Gasteiger partial charge in [-0.15, -0.1) is 0 Å². The monoisotopic (exact) mass is 659 g/mol. The summed E-state index contributed by atoms with van der Waals surface area (Å²) in [5.74, 6) is 0. The molecule has 1 aromatic heterocycles. The van der Waals surface area contributed by atoms with Crippen LogP contribution in [-0.2, 0) is 0 Å². The molecule has 10 aromatic carbocycles. The van der Waals surface area contributed by atoms with E-state index < -0.39 is 0 Å². The van der Waals surface area contributed by atoms with Crippen molar-refractivity contribution in [2.75, 3.05) is 0 Å². The van der Waals surface area contributed by atoms with E-state index in [9.17, 15) is 0 Å². The molecule has 1 heterocycles. The van der Waals surface area contributed by atoms with E-state index in [1.165, 1.54) is 104 Å². The van der Waals surface area contributed by atoms with E-state index in [0.29, 0.717) is 0 Å². The number of fused-ring (bicyclic) bond motifs is 4. The molecule has 52 heavy (non-hydrogen) atoms. The van der Waals surface area contributed by atoms with E-state index in [-0.39, 0.29) is 0 Å². The number of hydrogen-bond acceptors (Lipinski definition) is 0. The van der Waals surface area contributed by atoms with Crippen LogP contribution in [0.4, 0.5) is 0 Å². The predicted molar refractivity (Wildman–Crippen MR) is 223 cm³/mol. The first kappa shape index (κ1) is 29.1. The van der Waals surface area contributed by atoms with Gasteiger partial charge in [-0.3, -0.25) is 0 Å². The van der Waals surface area contributed by atoms with Crippen molar-refractivity contribution < 1.29 is 0 Å². The van der Waals surface area contributed by atoms with Gasteiger partial charge >= 0.3 is 0 Å². The fraction of sp³-hybridized carbons (Fsp3) is 0.0196. The van der Waals surface area contributed by atoms with E-state index in [1.54, 1.807) is 0 Å². The molecule has 0 aliphatic carbocycles. The maximum atomic E-state index is 2.41. The molecule has 0 atom stereocenters. The summed E-state index contributed by atoms with van der Waals surface area (Å²) in [6, 6.07) is 67.4. The van der Waals surface area contributed by atoms with E-state index >= 15 is 0 Å². The Hall–Kier alpha value is -6.70. The zero-order valence-electron chi connectivity index (χ0n) is 28.8. The highest BCUT2D eigenvalue weighted by Gasteiger charge is 2.17. The molecule has 0 unspecified atom stereocenters. The molecule has 0 aliphatic heterocycles. The standard InChI is InChI=1S/C51H33N/c1-32-13-15-34(16-14-32)42-26-19-36-22-29-46-43(27-20-37-21-28-45(42)50(36)51(37)46)35-17-24-39(25-18-35)52-48-12-5-4-10-44(48)47-31-38(23-30-49(47)52)41-11-6-8-33-7-2-3-9-40(33)41/h2-31H,1H3. The molecule has 242 valence electrons. The van der Waals surface area contributed by atoms with Crippen LogP contribution < -0.4 is 0 Å². The fourth-order valence-corrected chi connectivity index (χ4v) is 8.72. The van der Waals surface area contributed by atoms with Crippen LogP contribution in [0, 0.1) is 6.92 Å². The van der Waals surface area contributed by atoms with E-state index in [1.807, 2.05) is 0 Å². The minimum absolute atomic E-state index is 1.16. The quantitative estimate of drug-likeness (QED) is 0.166. The molecule has 1 heteroatoms. The molecule has 0 amide bonds. The number of rotatable bonds is 4. The smallest absolute Gasteiger partial charge is 0.0541 e. The topological polar surface area (TPSA) is 4.93 Å². The lowest BCUT2D eigenvalue weighted by Gasteiger charge is -2.17. The molecule has 0 spiro atoms. The van der Waals surface area contributed by atoms with Crippen LogP contribution in [0.5, 0.6) is 0 Å². The van der Waals surface area contributed by atoms with Crippen LogP contribution in [-0.4, -0.2) is 4.57 Å². The molecule has 0 saturated carbocycles. The van der Waals surface area contributed by atoms with E-state index in [2.05, 4.69) is 193 Å². The molecule has 0 aliphatic rings. The van der Waals surface area contributed by atoms with Crippen LogP contribution in [0.2, 0.25) is 0 Å². The number of nitrogens with zero attached hydrogens (tertiary/aromatic N) is 1. The maximum absolute atomic E-state index is 2.41. The lowest BCUT2D eigenvalue weighted by Crippen LogP contribution is -1.94. The van der Waals surface area contributed by atoms with Gasteiger partial charge in [-0.05, 0) is 114 Å². The van der Waals surface area contributed by atoms with Crippen LogP contribution in [0.3, 0.4) is 0 Å². The molecule has 0 N–H and O–H groups in total. The Kier molecular flexibility index (Phi) is 6.23. The van der Waals surface area contributed by atoms with Crippen molar-refractivity contribution in [3.8, 4) is 39.1 Å². The molecule has 0 radical (unpaired) electrons. The molecule has 0 saturated heterocycles. The highest BCUT2D eigenvalue weighted by Crippen LogP contribution is 2.43. The summed E-state index contributed by atoms with van der Waals surface area (Å²) < 4.78 is 2.41. The number of aryl methyl sites for hydroxylation is 1. The summed E-state index contributed by atoms with van der Waals surface area (Å²) in [7, 11) is 0. The van der Waals surface area contributed by atoms with Gasteiger partial charge in [0.25, 0.3) is 0 Å². The third-order valence-electron chi connectivity index (χ3n) is 11.2. The average molecular weight is 660 g/mol. The summed E-state index contributed by atoms with van der Waals surface area (Å²) in [5.41, 5.74) is 12.4. The molecular weight excluding hydrogens is 627 g/mol. The van der Waals surface area contributed by atoms with Crippen molar-refractivity contribution in [2.45, 2.75) is 6.92 Å². The first-order chi connectivity index (χ1) is 25.7. The first-order valence-electron chi connectivity index (χ1n) is 18.1. The van der Waals surface area contributed by atoms with Gasteiger partial charge in [0.2, 0.25) is 0 Å². The van der Waals surface area contributed by atoms with Crippen molar-refractivity contribution in [1.82, 2.24) is 4.57 Å². The number of para-hydroxylation sites is 1. The average Bonchev–Trinajstić information content (AvgIpc) is 3.54. The number of benzene rings is 10. The van der Waals surface area contributed by atoms with Crippen molar-refractivity contribution in [1.29, 1.82) is 0 Å². The van der Waals surface area contributed by atoms with Crippen LogP contribution in [0.25, 0.3) is 104 Å². The lowest BCUT2D eigenvalue weighted by molar-refractivity contribution is 1.18. The Labute approximate surface area is 302 Å². The van der Waals surface area contributed by atoms with Gasteiger partial charge < -0.3 is 4.57 Å². The van der Waals surface area contributed by atoms with Crippen LogP contribution in [0.1, 0.15) is 5.56 Å². The summed E-state index contributed by atoms with van der Waals surface area (Å²) in [5, 5.41) is 12.9. The van der Waals surface area contributed by atoms with Crippen molar-refractivity contribution in [3.05, 3.63) is 188 Å². The Morgan fingerprint density at radius 3 is 1.58 bits per heavy atom. The van der Waals surface area contributed by atoms with Crippen molar-refractivity contribution in [2.24, 2.45) is 0 Å². The summed E-state index contributed by atoms with van der Waals surface area (Å²) in [6.07, 6.45) is 0. The lowest BCUT2D eigenvalue weighted by atomic mass is 9.87. The molecule has 11 rings (SSSR count). The van der Waals surface area contributed by atoms with Crippen molar-refractivity contribution >= 4 is 64.9 Å². The highest BCUT2D eigenvalue weighted by atomic mass is 15.0. The second-order valence-corrected chi connectivity index (χ2v) is 14.2. The van der Waals surface area contributed by atoms with Crippen molar-refractivity contribution in [3.63, 3.8) is 0 Å². The molecule has 0 fully saturated rings. The Bertz CT molecular complexity index is 3160. The van der Waals surface area contributed by atoms with Crippen LogP contribution in [0.15, 0.2) is 182 Å².